The maximum Gasteiger partial charge on any atom is 0.304 e. The molecular weight excluding hydrogens is 250 g/mol. The first-order valence-corrected chi connectivity index (χ1v) is 5.51. The van der Waals surface area contributed by atoms with Gasteiger partial charge in [0.2, 0.25) is 0 Å². The maximum absolute atomic E-state index is 10.5. The zero-order chi connectivity index (χ0) is 14.4. The van der Waals surface area contributed by atoms with Crippen molar-refractivity contribution < 1.29 is 14.8 Å². The van der Waals surface area contributed by atoms with Gasteiger partial charge >= 0.3 is 5.97 Å². The summed E-state index contributed by atoms with van der Waals surface area (Å²) >= 11 is 0. The monoisotopic (exact) mass is 263 g/mol. The topological polar surface area (TPSA) is 107 Å². The minimum Gasteiger partial charge on any atom is -0.481 e. The number of aliphatic carboxylic acids is 1. The summed E-state index contributed by atoms with van der Waals surface area (Å²) in [6.45, 7) is 0.227. The molecule has 0 aliphatic rings. The van der Waals surface area contributed by atoms with Crippen molar-refractivity contribution in [3.63, 3.8) is 0 Å². The molecule has 0 heterocycles. The van der Waals surface area contributed by atoms with Crippen molar-refractivity contribution in [1.82, 2.24) is 4.90 Å². The zero-order valence-corrected chi connectivity index (χ0v) is 10.3. The molecule has 0 amide bonds. The Kier molecular flexibility index (Phi) is 4.97. The van der Waals surface area contributed by atoms with Crippen molar-refractivity contribution in [3.05, 3.63) is 39.9 Å². The SMILES string of the molecule is CN(CCC(=O)O)C(C#N)c1ccc([N+](=O)[O-])cc1. The number of nitriles is 1. The zero-order valence-electron chi connectivity index (χ0n) is 10.3. The highest BCUT2D eigenvalue weighted by atomic mass is 16.6. The number of nitro groups is 1. The Bertz CT molecular complexity index is 507. The Morgan fingerprint density at radius 1 is 1.53 bits per heavy atom. The molecule has 0 aliphatic carbocycles. The van der Waals surface area contributed by atoms with Gasteiger partial charge in [-0.15, -0.1) is 0 Å². The molecule has 0 aromatic heterocycles. The second-order valence-corrected chi connectivity index (χ2v) is 4.00. The molecule has 0 radical (unpaired) electrons. The van der Waals surface area contributed by atoms with Crippen LogP contribution in [-0.4, -0.2) is 34.5 Å². The van der Waals surface area contributed by atoms with E-state index in [1.165, 1.54) is 24.3 Å². The second kappa shape index (κ2) is 6.47. The van der Waals surface area contributed by atoms with Gasteiger partial charge in [0, 0.05) is 18.7 Å². The highest BCUT2D eigenvalue weighted by Gasteiger charge is 2.18. The molecule has 1 rings (SSSR count). The van der Waals surface area contributed by atoms with Crippen LogP contribution in [0.1, 0.15) is 18.0 Å². The molecule has 0 bridgehead atoms. The van der Waals surface area contributed by atoms with Crippen LogP contribution in [0.3, 0.4) is 0 Å². The van der Waals surface area contributed by atoms with Crippen LogP contribution in [0, 0.1) is 21.4 Å². The van der Waals surface area contributed by atoms with Crippen LogP contribution in [0.2, 0.25) is 0 Å². The van der Waals surface area contributed by atoms with Gasteiger partial charge in [-0.1, -0.05) is 0 Å². The van der Waals surface area contributed by atoms with E-state index in [-0.39, 0.29) is 18.7 Å². The lowest BCUT2D eigenvalue weighted by Crippen LogP contribution is -2.26. The molecule has 1 N–H and O–H groups in total. The molecule has 1 aromatic carbocycles. The Labute approximate surface area is 109 Å². The summed E-state index contributed by atoms with van der Waals surface area (Å²) in [5.41, 5.74) is 0.551. The molecule has 1 unspecified atom stereocenters. The first-order chi connectivity index (χ1) is 8.95. The summed E-state index contributed by atoms with van der Waals surface area (Å²) in [5, 5.41) is 28.2. The van der Waals surface area contributed by atoms with E-state index < -0.39 is 16.9 Å². The Hall–Kier alpha value is -2.46. The number of hydrogen-bond donors (Lipinski definition) is 1. The summed E-state index contributed by atoms with van der Waals surface area (Å²) in [4.78, 5) is 22.1. The molecule has 0 aliphatic heterocycles. The summed E-state index contributed by atoms with van der Waals surface area (Å²) in [6.07, 6.45) is -0.0678. The predicted octanol–water partition coefficient (Wildman–Crippen LogP) is 1.57. The Morgan fingerprint density at radius 2 is 2.11 bits per heavy atom. The Morgan fingerprint density at radius 3 is 2.53 bits per heavy atom. The van der Waals surface area contributed by atoms with Gasteiger partial charge in [0.1, 0.15) is 6.04 Å². The molecule has 7 heteroatoms. The van der Waals surface area contributed by atoms with Gasteiger partial charge in [-0.2, -0.15) is 5.26 Å². The molecule has 7 nitrogen and oxygen atoms in total. The first kappa shape index (κ1) is 14.6. The number of nitro benzene ring substituents is 1. The van der Waals surface area contributed by atoms with Crippen LogP contribution >= 0.6 is 0 Å². The molecule has 0 fully saturated rings. The number of carboxylic acid groups (broad SMARTS) is 1. The molecule has 100 valence electrons. The third kappa shape index (κ3) is 4.04. The summed E-state index contributed by atoms with van der Waals surface area (Å²) in [5.74, 6) is -0.938. The van der Waals surface area contributed by atoms with E-state index in [0.717, 1.165) is 0 Å². The van der Waals surface area contributed by atoms with Gasteiger partial charge < -0.3 is 5.11 Å². The van der Waals surface area contributed by atoms with Crippen molar-refractivity contribution >= 4 is 11.7 Å². The van der Waals surface area contributed by atoms with E-state index in [0.29, 0.717) is 5.56 Å². The van der Waals surface area contributed by atoms with Crippen molar-refractivity contribution in [2.24, 2.45) is 0 Å². The summed E-state index contributed by atoms with van der Waals surface area (Å²) in [6, 6.07) is 7.08. The Balaban J connectivity index is 2.82. The minimum atomic E-state index is -0.938. The lowest BCUT2D eigenvalue weighted by atomic mass is 10.1. The van der Waals surface area contributed by atoms with E-state index in [4.69, 9.17) is 10.4 Å². The molecule has 19 heavy (non-hydrogen) atoms. The minimum absolute atomic E-state index is 0.0476. The highest BCUT2D eigenvalue weighted by molar-refractivity contribution is 5.66. The largest absolute Gasteiger partial charge is 0.481 e. The number of hydrogen-bond acceptors (Lipinski definition) is 5. The van der Waals surface area contributed by atoms with Crippen LogP contribution in [0.5, 0.6) is 0 Å². The van der Waals surface area contributed by atoms with Crippen molar-refractivity contribution in [2.75, 3.05) is 13.6 Å². The third-order valence-corrected chi connectivity index (χ3v) is 2.66. The van der Waals surface area contributed by atoms with Crippen LogP contribution < -0.4 is 0 Å². The van der Waals surface area contributed by atoms with E-state index in [9.17, 15) is 14.9 Å². The molecule has 0 saturated carbocycles. The van der Waals surface area contributed by atoms with Crippen LogP contribution in [-0.2, 0) is 4.79 Å². The van der Waals surface area contributed by atoms with Crippen molar-refractivity contribution in [1.29, 1.82) is 5.26 Å². The number of rotatable bonds is 6. The second-order valence-electron chi connectivity index (χ2n) is 4.00. The number of nitrogens with zero attached hydrogens (tertiary/aromatic N) is 3. The number of non-ortho nitro benzene ring substituents is 1. The van der Waals surface area contributed by atoms with Crippen LogP contribution in [0.15, 0.2) is 24.3 Å². The third-order valence-electron chi connectivity index (χ3n) is 2.66. The molecule has 0 saturated heterocycles. The standard InChI is InChI=1S/C12H13N3O4/c1-14(7-6-12(16)17)11(8-13)9-2-4-10(5-3-9)15(18)19/h2-5,11H,6-7H2,1H3,(H,16,17). The van der Waals surface area contributed by atoms with E-state index in [1.54, 1.807) is 11.9 Å². The fourth-order valence-electron chi connectivity index (χ4n) is 1.61. The van der Waals surface area contributed by atoms with Crippen molar-refractivity contribution in [3.8, 4) is 6.07 Å². The average molecular weight is 263 g/mol. The van der Waals surface area contributed by atoms with Crippen LogP contribution in [0.4, 0.5) is 5.69 Å². The first-order valence-electron chi connectivity index (χ1n) is 5.51. The van der Waals surface area contributed by atoms with Gasteiger partial charge in [-0.3, -0.25) is 19.8 Å². The smallest absolute Gasteiger partial charge is 0.304 e. The maximum atomic E-state index is 10.5. The quantitative estimate of drug-likeness (QED) is 0.616. The average Bonchev–Trinajstić information content (AvgIpc) is 2.37. The lowest BCUT2D eigenvalue weighted by molar-refractivity contribution is -0.384. The van der Waals surface area contributed by atoms with Gasteiger partial charge in [0.25, 0.3) is 5.69 Å². The predicted molar refractivity (Wildman–Crippen MR) is 66.3 cm³/mol. The molecule has 1 aromatic rings. The number of carbonyl (C=O) groups is 1. The molecule has 1 atom stereocenters. The number of benzene rings is 1. The van der Waals surface area contributed by atoms with Gasteiger partial charge in [-0.25, -0.2) is 0 Å². The molecule has 0 spiro atoms. The lowest BCUT2D eigenvalue weighted by Gasteiger charge is -2.21. The van der Waals surface area contributed by atoms with E-state index in [2.05, 4.69) is 6.07 Å². The van der Waals surface area contributed by atoms with Gasteiger partial charge in [0.05, 0.1) is 17.4 Å². The van der Waals surface area contributed by atoms with E-state index >= 15 is 0 Å². The van der Waals surface area contributed by atoms with E-state index in [1.807, 2.05) is 0 Å². The van der Waals surface area contributed by atoms with Crippen molar-refractivity contribution in [2.45, 2.75) is 12.5 Å². The van der Waals surface area contributed by atoms with Gasteiger partial charge in [0.15, 0.2) is 0 Å². The normalized spacial score (nSPS) is 11.8. The fourth-order valence-corrected chi connectivity index (χ4v) is 1.61. The molecular formula is C12H13N3O4. The fraction of sp³-hybridized carbons (Fsp3) is 0.333. The summed E-state index contributed by atoms with van der Waals surface area (Å²) < 4.78 is 0. The number of carboxylic acids is 1. The van der Waals surface area contributed by atoms with Crippen LogP contribution in [0.25, 0.3) is 0 Å². The highest BCUT2D eigenvalue weighted by Crippen LogP contribution is 2.21. The van der Waals surface area contributed by atoms with Gasteiger partial charge in [-0.05, 0) is 24.7 Å². The summed E-state index contributed by atoms with van der Waals surface area (Å²) in [7, 11) is 1.64.